The second-order valence-corrected chi connectivity index (χ2v) is 7.62. The van der Waals surface area contributed by atoms with Crippen molar-refractivity contribution >= 4 is 47.6 Å². The van der Waals surface area contributed by atoms with E-state index in [-0.39, 0.29) is 19.5 Å². The highest BCUT2D eigenvalue weighted by Crippen LogP contribution is 2.28. The predicted octanol–water partition coefficient (Wildman–Crippen LogP) is 4.60. The molecule has 0 spiro atoms. The molecule has 2 aromatic rings. The minimum Gasteiger partial charge on any atom is -0.279 e. The van der Waals surface area contributed by atoms with Gasteiger partial charge in [0.25, 0.3) is 10.0 Å². The molecule has 0 aliphatic carbocycles. The smallest absolute Gasteiger partial charge is 0.263 e. The van der Waals surface area contributed by atoms with Gasteiger partial charge in [0, 0.05) is 4.47 Å². The van der Waals surface area contributed by atoms with Crippen LogP contribution in [0.15, 0.2) is 44.2 Å². The molecule has 3 nitrogen and oxygen atoms in total. The van der Waals surface area contributed by atoms with Gasteiger partial charge in [0.1, 0.15) is 16.5 Å². The Bertz CT molecular complexity index is 810. The van der Waals surface area contributed by atoms with Gasteiger partial charge in [-0.3, -0.25) is 4.72 Å². The SMILES string of the molecule is Cc1cc(Br)c(F)cc1NS(=O)(=O)c1ccc(F)cc1Br. The predicted molar refractivity (Wildman–Crippen MR) is 83.7 cm³/mol. The van der Waals surface area contributed by atoms with E-state index in [9.17, 15) is 17.2 Å². The van der Waals surface area contributed by atoms with Crippen LogP contribution in [-0.2, 0) is 10.0 Å². The van der Waals surface area contributed by atoms with Crippen molar-refractivity contribution in [3.05, 3.63) is 56.5 Å². The zero-order chi connectivity index (χ0) is 15.8. The summed E-state index contributed by atoms with van der Waals surface area (Å²) >= 11 is 6.02. The van der Waals surface area contributed by atoms with Crippen LogP contribution < -0.4 is 4.72 Å². The fraction of sp³-hybridized carbons (Fsp3) is 0.0769. The molecule has 0 amide bonds. The van der Waals surface area contributed by atoms with Crippen molar-refractivity contribution in [2.24, 2.45) is 0 Å². The zero-order valence-electron chi connectivity index (χ0n) is 10.6. The van der Waals surface area contributed by atoms with Crippen LogP contribution in [0.1, 0.15) is 5.56 Å². The molecule has 2 rings (SSSR count). The first-order valence-electron chi connectivity index (χ1n) is 5.64. The molecule has 8 heteroatoms. The van der Waals surface area contributed by atoms with E-state index in [1.165, 1.54) is 6.07 Å². The Labute approximate surface area is 137 Å². The van der Waals surface area contributed by atoms with Gasteiger partial charge in [0.05, 0.1) is 10.2 Å². The lowest BCUT2D eigenvalue weighted by atomic mass is 10.2. The summed E-state index contributed by atoms with van der Waals surface area (Å²) in [5.41, 5.74) is 0.664. The van der Waals surface area contributed by atoms with Gasteiger partial charge >= 0.3 is 0 Å². The van der Waals surface area contributed by atoms with E-state index >= 15 is 0 Å². The molecule has 1 N–H and O–H groups in total. The lowest BCUT2D eigenvalue weighted by Crippen LogP contribution is -2.14. The highest BCUT2D eigenvalue weighted by Gasteiger charge is 2.19. The van der Waals surface area contributed by atoms with Crippen LogP contribution in [0.25, 0.3) is 0 Å². The molecule has 0 aliphatic rings. The summed E-state index contributed by atoms with van der Waals surface area (Å²) in [6, 6.07) is 5.76. The van der Waals surface area contributed by atoms with Crippen molar-refractivity contribution in [3.8, 4) is 0 Å². The van der Waals surface area contributed by atoms with Gasteiger partial charge in [0.15, 0.2) is 0 Å². The van der Waals surface area contributed by atoms with Crippen molar-refractivity contribution in [2.45, 2.75) is 11.8 Å². The zero-order valence-corrected chi connectivity index (χ0v) is 14.6. The number of anilines is 1. The standard InChI is InChI=1S/C13H9Br2F2NO2S/c1-7-4-9(14)11(17)6-12(7)18-21(19,20)13-3-2-8(16)5-10(13)15/h2-6,18H,1H3. The minimum absolute atomic E-state index is 0.0882. The molecule has 0 unspecified atom stereocenters. The van der Waals surface area contributed by atoms with Crippen LogP contribution in [0.5, 0.6) is 0 Å². The van der Waals surface area contributed by atoms with E-state index in [1.807, 2.05) is 0 Å². The molecular formula is C13H9Br2F2NO2S. The Kier molecular flexibility index (Phi) is 4.69. The third kappa shape index (κ3) is 3.61. The largest absolute Gasteiger partial charge is 0.279 e. The van der Waals surface area contributed by atoms with Crippen LogP contribution in [0, 0.1) is 18.6 Å². The third-order valence-electron chi connectivity index (χ3n) is 2.70. The number of aryl methyl sites for hydroxylation is 1. The Hall–Kier alpha value is -0.990. The topological polar surface area (TPSA) is 46.2 Å². The maximum atomic E-state index is 13.5. The number of hydrogen-bond acceptors (Lipinski definition) is 2. The number of nitrogens with one attached hydrogen (secondary N) is 1. The molecule has 0 saturated carbocycles. The second-order valence-electron chi connectivity index (χ2n) is 4.26. The summed E-state index contributed by atoms with van der Waals surface area (Å²) in [5.74, 6) is -1.15. The fourth-order valence-corrected chi connectivity index (χ4v) is 4.28. The van der Waals surface area contributed by atoms with Crippen LogP contribution in [0.4, 0.5) is 14.5 Å². The van der Waals surface area contributed by atoms with E-state index in [2.05, 4.69) is 36.6 Å². The van der Waals surface area contributed by atoms with E-state index in [4.69, 9.17) is 0 Å². The number of hydrogen-bond donors (Lipinski definition) is 1. The molecule has 21 heavy (non-hydrogen) atoms. The van der Waals surface area contributed by atoms with E-state index in [0.717, 1.165) is 24.3 Å². The second kappa shape index (κ2) is 6.02. The normalized spacial score (nSPS) is 11.5. The molecule has 2 aromatic carbocycles. The maximum Gasteiger partial charge on any atom is 0.263 e. The molecule has 0 aromatic heterocycles. The van der Waals surface area contributed by atoms with Crippen LogP contribution in [0.3, 0.4) is 0 Å². The van der Waals surface area contributed by atoms with Gasteiger partial charge in [-0.1, -0.05) is 0 Å². The number of rotatable bonds is 3. The molecule has 0 aliphatic heterocycles. The Morgan fingerprint density at radius 3 is 2.33 bits per heavy atom. The number of halogens is 4. The molecule has 0 saturated heterocycles. The quantitative estimate of drug-likeness (QED) is 0.758. The van der Waals surface area contributed by atoms with Crippen LogP contribution in [-0.4, -0.2) is 8.42 Å². The monoisotopic (exact) mass is 439 g/mol. The molecular weight excluding hydrogens is 432 g/mol. The average molecular weight is 441 g/mol. The van der Waals surface area contributed by atoms with Gasteiger partial charge < -0.3 is 0 Å². The molecule has 112 valence electrons. The van der Waals surface area contributed by atoms with Gasteiger partial charge in [-0.2, -0.15) is 0 Å². The highest BCUT2D eigenvalue weighted by molar-refractivity contribution is 9.10. The van der Waals surface area contributed by atoms with E-state index in [0.29, 0.717) is 5.56 Å². The molecule has 0 bridgehead atoms. The molecule has 0 fully saturated rings. The summed E-state index contributed by atoms with van der Waals surface area (Å²) in [4.78, 5) is -0.133. The van der Waals surface area contributed by atoms with Crippen molar-refractivity contribution < 1.29 is 17.2 Å². The first kappa shape index (κ1) is 16.4. The minimum atomic E-state index is -3.96. The molecule has 0 heterocycles. The number of sulfonamides is 1. The van der Waals surface area contributed by atoms with Gasteiger partial charge in [0.2, 0.25) is 0 Å². The third-order valence-corrected chi connectivity index (χ3v) is 5.64. The highest BCUT2D eigenvalue weighted by atomic mass is 79.9. The average Bonchev–Trinajstić information content (AvgIpc) is 2.35. The maximum absolute atomic E-state index is 13.5. The van der Waals surface area contributed by atoms with Crippen molar-refractivity contribution in [3.63, 3.8) is 0 Å². The van der Waals surface area contributed by atoms with E-state index < -0.39 is 21.7 Å². The Balaban J connectivity index is 2.45. The Morgan fingerprint density at radius 2 is 1.71 bits per heavy atom. The van der Waals surface area contributed by atoms with E-state index in [1.54, 1.807) is 6.92 Å². The molecule has 0 atom stereocenters. The lowest BCUT2D eigenvalue weighted by molar-refractivity contribution is 0.598. The van der Waals surface area contributed by atoms with Crippen molar-refractivity contribution in [2.75, 3.05) is 4.72 Å². The summed E-state index contributed by atoms with van der Waals surface area (Å²) in [6.45, 7) is 1.64. The Morgan fingerprint density at radius 1 is 1.05 bits per heavy atom. The van der Waals surface area contributed by atoms with Crippen molar-refractivity contribution in [1.82, 2.24) is 0 Å². The van der Waals surface area contributed by atoms with Gasteiger partial charge in [-0.05, 0) is 74.7 Å². The fourth-order valence-electron chi connectivity index (χ4n) is 1.65. The number of benzene rings is 2. The summed E-state index contributed by atoms with van der Waals surface area (Å²) < 4.78 is 53.7. The first-order valence-corrected chi connectivity index (χ1v) is 8.71. The first-order chi connectivity index (χ1) is 9.70. The molecule has 0 radical (unpaired) electrons. The van der Waals surface area contributed by atoms with Crippen molar-refractivity contribution in [1.29, 1.82) is 0 Å². The van der Waals surface area contributed by atoms with Crippen LogP contribution >= 0.6 is 31.9 Å². The lowest BCUT2D eigenvalue weighted by Gasteiger charge is -2.12. The summed E-state index contributed by atoms with van der Waals surface area (Å²) in [7, 11) is -3.96. The summed E-state index contributed by atoms with van der Waals surface area (Å²) in [5, 5.41) is 0. The summed E-state index contributed by atoms with van der Waals surface area (Å²) in [6.07, 6.45) is 0. The van der Waals surface area contributed by atoms with Crippen LogP contribution in [0.2, 0.25) is 0 Å². The van der Waals surface area contributed by atoms with Gasteiger partial charge in [-0.15, -0.1) is 0 Å². The van der Waals surface area contributed by atoms with Gasteiger partial charge in [-0.25, -0.2) is 17.2 Å².